The third-order valence-electron chi connectivity index (χ3n) is 2.95. The van der Waals surface area contributed by atoms with Crippen LogP contribution in [0, 0.1) is 18.6 Å². The van der Waals surface area contributed by atoms with E-state index in [4.69, 9.17) is 5.73 Å². The molecule has 0 saturated heterocycles. The molecule has 0 heterocycles. The van der Waals surface area contributed by atoms with Gasteiger partial charge in [0, 0.05) is 11.6 Å². The summed E-state index contributed by atoms with van der Waals surface area (Å²) < 4.78 is 27.1. The molecule has 2 N–H and O–H groups in total. The van der Waals surface area contributed by atoms with Gasteiger partial charge in [-0.15, -0.1) is 0 Å². The van der Waals surface area contributed by atoms with Gasteiger partial charge in [-0.3, -0.25) is 0 Å². The highest BCUT2D eigenvalue weighted by molar-refractivity contribution is 5.27. The Labute approximate surface area is 105 Å². The number of hydrogen-bond donors (Lipinski definition) is 1. The van der Waals surface area contributed by atoms with Crippen molar-refractivity contribution in [2.75, 3.05) is 0 Å². The molecule has 1 nitrogen and oxygen atoms in total. The molecule has 0 fully saturated rings. The summed E-state index contributed by atoms with van der Waals surface area (Å²) in [5.74, 6) is -1.18. The zero-order valence-corrected chi connectivity index (χ0v) is 10.2. The van der Waals surface area contributed by atoms with Gasteiger partial charge in [0.2, 0.25) is 0 Å². The molecular formula is C15H15F2N. The normalized spacial score (nSPS) is 12.4. The maximum absolute atomic E-state index is 13.5. The van der Waals surface area contributed by atoms with Crippen LogP contribution in [-0.2, 0) is 6.42 Å². The summed E-state index contributed by atoms with van der Waals surface area (Å²) in [6.45, 7) is 1.99. The van der Waals surface area contributed by atoms with Crippen molar-refractivity contribution in [3.63, 3.8) is 0 Å². The van der Waals surface area contributed by atoms with Crippen molar-refractivity contribution in [3.8, 4) is 0 Å². The standard InChI is InChI=1S/C15H15F2N/c1-10-5-7-11(8-6-10)9-14(18)15-12(16)3-2-4-13(15)17/h2-8,14H,9,18H2,1H3. The van der Waals surface area contributed by atoms with Crippen LogP contribution in [0.15, 0.2) is 42.5 Å². The summed E-state index contributed by atoms with van der Waals surface area (Å²) in [5, 5.41) is 0. The molecule has 0 radical (unpaired) electrons. The predicted octanol–water partition coefficient (Wildman–Crippen LogP) is 3.52. The fraction of sp³-hybridized carbons (Fsp3) is 0.200. The van der Waals surface area contributed by atoms with Gasteiger partial charge in [-0.25, -0.2) is 8.78 Å². The Kier molecular flexibility index (Phi) is 3.72. The summed E-state index contributed by atoms with van der Waals surface area (Å²) in [6, 6.07) is 10.9. The maximum atomic E-state index is 13.5. The monoisotopic (exact) mass is 247 g/mol. The minimum Gasteiger partial charge on any atom is -0.323 e. The van der Waals surface area contributed by atoms with Gasteiger partial charge in [0.15, 0.2) is 0 Å². The molecule has 0 aliphatic carbocycles. The van der Waals surface area contributed by atoms with Crippen LogP contribution in [0.4, 0.5) is 8.78 Å². The molecule has 0 aromatic heterocycles. The smallest absolute Gasteiger partial charge is 0.130 e. The molecule has 0 amide bonds. The topological polar surface area (TPSA) is 26.0 Å². The number of halogens is 2. The second-order valence-electron chi connectivity index (χ2n) is 4.43. The van der Waals surface area contributed by atoms with E-state index in [9.17, 15) is 8.78 Å². The number of nitrogens with two attached hydrogens (primary N) is 1. The Balaban J connectivity index is 2.22. The van der Waals surface area contributed by atoms with E-state index in [0.717, 1.165) is 11.1 Å². The molecule has 1 atom stereocenters. The minimum atomic E-state index is -0.672. The molecule has 0 aliphatic rings. The van der Waals surface area contributed by atoms with E-state index in [0.29, 0.717) is 6.42 Å². The van der Waals surface area contributed by atoms with Crippen molar-refractivity contribution in [3.05, 3.63) is 70.8 Å². The predicted molar refractivity (Wildman–Crippen MR) is 68.2 cm³/mol. The average Bonchev–Trinajstić information content (AvgIpc) is 2.32. The largest absolute Gasteiger partial charge is 0.323 e. The molecule has 0 aliphatic heterocycles. The van der Waals surface area contributed by atoms with Crippen LogP contribution in [0.3, 0.4) is 0 Å². The van der Waals surface area contributed by atoms with Gasteiger partial charge in [-0.2, -0.15) is 0 Å². The lowest BCUT2D eigenvalue weighted by molar-refractivity contribution is 0.524. The molecule has 1 unspecified atom stereocenters. The Morgan fingerprint density at radius 2 is 1.56 bits per heavy atom. The van der Waals surface area contributed by atoms with Crippen molar-refractivity contribution in [1.29, 1.82) is 0 Å². The lowest BCUT2D eigenvalue weighted by atomic mass is 9.98. The Hall–Kier alpha value is -1.74. The molecule has 0 bridgehead atoms. The first-order valence-corrected chi connectivity index (χ1v) is 5.83. The molecule has 2 rings (SSSR count). The summed E-state index contributed by atoms with van der Waals surface area (Å²) in [4.78, 5) is 0. The maximum Gasteiger partial charge on any atom is 0.130 e. The third-order valence-corrected chi connectivity index (χ3v) is 2.95. The van der Waals surface area contributed by atoms with E-state index in [1.54, 1.807) is 0 Å². The zero-order valence-electron chi connectivity index (χ0n) is 10.2. The fourth-order valence-electron chi connectivity index (χ4n) is 1.95. The summed E-state index contributed by atoms with van der Waals surface area (Å²) in [7, 11) is 0. The van der Waals surface area contributed by atoms with Crippen LogP contribution in [0.1, 0.15) is 22.7 Å². The molecule has 3 heteroatoms. The Morgan fingerprint density at radius 3 is 2.11 bits per heavy atom. The summed E-state index contributed by atoms with van der Waals surface area (Å²) in [6.07, 6.45) is 0.415. The first-order valence-electron chi connectivity index (χ1n) is 5.83. The Bertz CT molecular complexity index is 514. The molecule has 2 aromatic rings. The van der Waals surface area contributed by atoms with Gasteiger partial charge in [-0.1, -0.05) is 35.9 Å². The summed E-state index contributed by atoms with van der Waals surface area (Å²) in [5.41, 5.74) is 7.95. The Morgan fingerprint density at radius 1 is 1.00 bits per heavy atom. The van der Waals surface area contributed by atoms with E-state index >= 15 is 0 Å². The van der Waals surface area contributed by atoms with Crippen LogP contribution in [0.25, 0.3) is 0 Å². The fourth-order valence-corrected chi connectivity index (χ4v) is 1.95. The van der Waals surface area contributed by atoms with Crippen LogP contribution in [0.2, 0.25) is 0 Å². The van der Waals surface area contributed by atoms with Crippen LogP contribution < -0.4 is 5.73 Å². The highest BCUT2D eigenvalue weighted by Crippen LogP contribution is 2.22. The lowest BCUT2D eigenvalue weighted by Crippen LogP contribution is -2.16. The van der Waals surface area contributed by atoms with Crippen molar-refractivity contribution in [1.82, 2.24) is 0 Å². The number of benzene rings is 2. The molecule has 2 aromatic carbocycles. The number of rotatable bonds is 3. The van der Waals surface area contributed by atoms with Crippen LogP contribution >= 0.6 is 0 Å². The van der Waals surface area contributed by atoms with Crippen molar-refractivity contribution in [2.24, 2.45) is 5.73 Å². The van der Waals surface area contributed by atoms with Crippen LogP contribution in [-0.4, -0.2) is 0 Å². The second kappa shape index (κ2) is 5.27. The van der Waals surface area contributed by atoms with E-state index in [1.165, 1.54) is 18.2 Å². The molecule has 18 heavy (non-hydrogen) atoms. The van der Waals surface area contributed by atoms with Gasteiger partial charge in [-0.05, 0) is 31.0 Å². The zero-order chi connectivity index (χ0) is 13.1. The van der Waals surface area contributed by atoms with Crippen LogP contribution in [0.5, 0.6) is 0 Å². The van der Waals surface area contributed by atoms with Gasteiger partial charge in [0.25, 0.3) is 0 Å². The van der Waals surface area contributed by atoms with E-state index in [1.807, 2.05) is 31.2 Å². The SMILES string of the molecule is Cc1ccc(CC(N)c2c(F)cccc2F)cc1. The van der Waals surface area contributed by atoms with Crippen molar-refractivity contribution in [2.45, 2.75) is 19.4 Å². The van der Waals surface area contributed by atoms with Gasteiger partial charge in [0.1, 0.15) is 11.6 Å². The van der Waals surface area contributed by atoms with E-state index in [2.05, 4.69) is 0 Å². The van der Waals surface area contributed by atoms with Gasteiger partial charge >= 0.3 is 0 Å². The molecule has 94 valence electrons. The van der Waals surface area contributed by atoms with Crippen molar-refractivity contribution >= 4 is 0 Å². The first kappa shape index (κ1) is 12.7. The molecule has 0 saturated carbocycles. The minimum absolute atomic E-state index is 0.0434. The first-order chi connectivity index (χ1) is 8.58. The quantitative estimate of drug-likeness (QED) is 0.882. The molecule has 0 spiro atoms. The van der Waals surface area contributed by atoms with Gasteiger partial charge in [0.05, 0.1) is 0 Å². The second-order valence-corrected chi connectivity index (χ2v) is 4.43. The van der Waals surface area contributed by atoms with E-state index in [-0.39, 0.29) is 5.56 Å². The summed E-state index contributed by atoms with van der Waals surface area (Å²) >= 11 is 0. The third kappa shape index (κ3) is 2.74. The van der Waals surface area contributed by atoms with Gasteiger partial charge < -0.3 is 5.73 Å². The number of hydrogen-bond acceptors (Lipinski definition) is 1. The lowest BCUT2D eigenvalue weighted by Gasteiger charge is -2.14. The number of aryl methyl sites for hydroxylation is 1. The van der Waals surface area contributed by atoms with Crippen molar-refractivity contribution < 1.29 is 8.78 Å². The average molecular weight is 247 g/mol. The molecular weight excluding hydrogens is 232 g/mol. The highest BCUT2D eigenvalue weighted by Gasteiger charge is 2.16. The van der Waals surface area contributed by atoms with E-state index < -0.39 is 17.7 Å². The highest BCUT2D eigenvalue weighted by atomic mass is 19.1.